The van der Waals surface area contributed by atoms with Crippen LogP contribution in [0.5, 0.6) is 5.75 Å². The lowest BCUT2D eigenvalue weighted by atomic mass is 9.98. The first-order valence-electron chi connectivity index (χ1n) is 12.0. The number of rotatable bonds is 9. The van der Waals surface area contributed by atoms with Crippen molar-refractivity contribution in [3.05, 3.63) is 42.5 Å². The van der Waals surface area contributed by atoms with Gasteiger partial charge in [0.15, 0.2) is 12.2 Å². The number of hydrogen-bond acceptors (Lipinski definition) is 14. The Labute approximate surface area is 228 Å². The number of ether oxygens (including phenoxy) is 7. The molecule has 1 aromatic carbocycles. The van der Waals surface area contributed by atoms with Crippen molar-refractivity contribution < 1.29 is 57.1 Å². The maximum atomic E-state index is 12.0. The molecule has 0 unspecified atom stereocenters. The van der Waals surface area contributed by atoms with Gasteiger partial charge in [-0.05, 0) is 17.7 Å². The summed E-state index contributed by atoms with van der Waals surface area (Å²) in [6, 6.07) is 6.52. The van der Waals surface area contributed by atoms with Crippen molar-refractivity contribution in [1.82, 2.24) is 9.97 Å². The SMILES string of the molecule is COC(=O)c1ncc(-c2ccc(O[C@@H]3O[C@H](COC(C)=O)[C@@H](OC(C)=O)[C@H](OC(C)=O)[C@@H]3OC(C)=O)cc2)cn1. The molecule has 5 atom stereocenters. The van der Waals surface area contributed by atoms with E-state index in [0.29, 0.717) is 11.1 Å². The quantitative estimate of drug-likeness (QED) is 0.317. The fraction of sp³-hybridized carbons (Fsp3) is 0.423. The Morgan fingerprint density at radius 3 is 1.82 bits per heavy atom. The molecule has 3 rings (SSSR count). The van der Waals surface area contributed by atoms with E-state index in [1.54, 1.807) is 24.3 Å². The van der Waals surface area contributed by atoms with E-state index in [9.17, 15) is 24.0 Å². The van der Waals surface area contributed by atoms with E-state index in [2.05, 4.69) is 14.7 Å². The summed E-state index contributed by atoms with van der Waals surface area (Å²) < 4.78 is 37.7. The molecule has 1 aliphatic rings. The third kappa shape index (κ3) is 7.96. The first-order valence-corrected chi connectivity index (χ1v) is 12.0. The van der Waals surface area contributed by atoms with Gasteiger partial charge in [-0.2, -0.15) is 0 Å². The highest BCUT2D eigenvalue weighted by Gasteiger charge is 2.53. The minimum atomic E-state index is -1.37. The van der Waals surface area contributed by atoms with Crippen molar-refractivity contribution in [3.8, 4) is 16.9 Å². The Hall–Kier alpha value is -4.59. The molecule has 14 nitrogen and oxygen atoms in total. The fourth-order valence-corrected chi connectivity index (χ4v) is 3.82. The zero-order chi connectivity index (χ0) is 29.4. The number of aromatic nitrogens is 2. The van der Waals surface area contributed by atoms with Gasteiger partial charge in [0.05, 0.1) is 7.11 Å². The van der Waals surface area contributed by atoms with Crippen LogP contribution in [-0.2, 0) is 47.6 Å². The van der Waals surface area contributed by atoms with Crippen molar-refractivity contribution in [2.24, 2.45) is 0 Å². The first-order chi connectivity index (χ1) is 19.0. The average Bonchev–Trinajstić information content (AvgIpc) is 2.90. The molecule has 0 bridgehead atoms. The third-order valence-corrected chi connectivity index (χ3v) is 5.41. The van der Waals surface area contributed by atoms with Gasteiger partial charge in [-0.15, -0.1) is 0 Å². The lowest BCUT2D eigenvalue weighted by Crippen LogP contribution is -2.63. The summed E-state index contributed by atoms with van der Waals surface area (Å²) in [5, 5.41) is 0. The number of benzene rings is 1. The van der Waals surface area contributed by atoms with E-state index < -0.39 is 60.6 Å². The number of hydrogen-bond donors (Lipinski definition) is 0. The van der Waals surface area contributed by atoms with Crippen molar-refractivity contribution in [2.75, 3.05) is 13.7 Å². The van der Waals surface area contributed by atoms with E-state index in [1.165, 1.54) is 26.4 Å². The second-order valence-corrected chi connectivity index (χ2v) is 8.50. The molecule has 0 saturated carbocycles. The number of carbonyl (C=O) groups excluding carboxylic acids is 5. The van der Waals surface area contributed by atoms with Crippen LogP contribution in [0.3, 0.4) is 0 Å². The largest absolute Gasteiger partial charge is 0.463 e. The molecule has 2 heterocycles. The molecular formula is C26H28N2O12. The molecule has 14 heteroatoms. The van der Waals surface area contributed by atoms with Crippen LogP contribution in [0, 0.1) is 0 Å². The molecule has 214 valence electrons. The van der Waals surface area contributed by atoms with Gasteiger partial charge in [0, 0.05) is 45.7 Å². The molecule has 2 aromatic rings. The Morgan fingerprint density at radius 2 is 1.30 bits per heavy atom. The summed E-state index contributed by atoms with van der Waals surface area (Å²) in [6.45, 7) is 4.20. The monoisotopic (exact) mass is 560 g/mol. The minimum absolute atomic E-state index is 0.0881. The Morgan fingerprint density at radius 1 is 0.750 bits per heavy atom. The van der Waals surface area contributed by atoms with Crippen LogP contribution in [-0.4, -0.2) is 84.2 Å². The third-order valence-electron chi connectivity index (χ3n) is 5.41. The van der Waals surface area contributed by atoms with Gasteiger partial charge in [-0.3, -0.25) is 19.2 Å². The van der Waals surface area contributed by atoms with Crippen molar-refractivity contribution >= 4 is 29.8 Å². The summed E-state index contributed by atoms with van der Waals surface area (Å²) >= 11 is 0. The van der Waals surface area contributed by atoms with Crippen molar-refractivity contribution in [3.63, 3.8) is 0 Å². The molecule has 1 fully saturated rings. The average molecular weight is 561 g/mol. The van der Waals surface area contributed by atoms with Crippen LogP contribution in [0.4, 0.5) is 0 Å². The van der Waals surface area contributed by atoms with Crippen LogP contribution in [0.15, 0.2) is 36.7 Å². The van der Waals surface area contributed by atoms with Crippen LogP contribution < -0.4 is 4.74 Å². The van der Waals surface area contributed by atoms with Crippen LogP contribution in [0.2, 0.25) is 0 Å². The van der Waals surface area contributed by atoms with E-state index >= 15 is 0 Å². The second kappa shape index (κ2) is 13.5. The van der Waals surface area contributed by atoms with Gasteiger partial charge in [0.1, 0.15) is 18.5 Å². The molecule has 1 aromatic heterocycles. The minimum Gasteiger partial charge on any atom is -0.463 e. The molecule has 40 heavy (non-hydrogen) atoms. The van der Waals surface area contributed by atoms with Gasteiger partial charge < -0.3 is 33.2 Å². The fourth-order valence-electron chi connectivity index (χ4n) is 3.82. The van der Waals surface area contributed by atoms with Gasteiger partial charge >= 0.3 is 29.8 Å². The second-order valence-electron chi connectivity index (χ2n) is 8.50. The molecule has 1 saturated heterocycles. The van der Waals surface area contributed by atoms with E-state index in [1.807, 2.05) is 0 Å². The van der Waals surface area contributed by atoms with E-state index in [4.69, 9.17) is 28.4 Å². The smallest absolute Gasteiger partial charge is 0.376 e. The van der Waals surface area contributed by atoms with Gasteiger partial charge in [0.25, 0.3) is 0 Å². The zero-order valence-electron chi connectivity index (χ0n) is 22.4. The molecule has 0 aliphatic carbocycles. The lowest BCUT2D eigenvalue weighted by molar-refractivity contribution is -0.288. The van der Waals surface area contributed by atoms with Crippen LogP contribution >= 0.6 is 0 Å². The van der Waals surface area contributed by atoms with Gasteiger partial charge in [-0.1, -0.05) is 12.1 Å². The molecule has 0 amide bonds. The maximum Gasteiger partial charge on any atom is 0.376 e. The van der Waals surface area contributed by atoms with Crippen molar-refractivity contribution in [2.45, 2.75) is 58.4 Å². The maximum absolute atomic E-state index is 12.0. The number of methoxy groups -OCH3 is 1. The Balaban J connectivity index is 1.89. The predicted octanol–water partition coefficient (Wildman–Crippen LogP) is 1.39. The Bertz CT molecular complexity index is 1230. The summed E-state index contributed by atoms with van der Waals surface area (Å²) in [4.78, 5) is 66.7. The Kier molecular flexibility index (Phi) is 10.1. The van der Waals surface area contributed by atoms with Crippen LogP contribution in [0.25, 0.3) is 11.1 Å². The van der Waals surface area contributed by atoms with Crippen molar-refractivity contribution in [1.29, 1.82) is 0 Å². The van der Waals surface area contributed by atoms with E-state index in [0.717, 1.165) is 20.8 Å². The highest BCUT2D eigenvalue weighted by molar-refractivity contribution is 5.85. The number of esters is 5. The number of nitrogens with zero attached hydrogens (tertiary/aromatic N) is 2. The standard InChI is InChI=1S/C26H28N2O12/c1-13(29)35-12-20-21(36-14(2)30)22(37-15(3)31)23(38-16(4)32)26(40-20)39-19-8-6-17(7-9-19)18-10-27-24(28-11-18)25(33)34-5/h6-11,20-23,26H,12H2,1-5H3/t20-,21-,22+,23+,26-/m1/s1. The number of carbonyl (C=O) groups is 5. The topological polar surface area (TPSA) is 176 Å². The van der Waals surface area contributed by atoms with Gasteiger partial charge in [-0.25, -0.2) is 14.8 Å². The predicted molar refractivity (Wildman–Crippen MR) is 131 cm³/mol. The molecule has 0 spiro atoms. The summed E-state index contributed by atoms with van der Waals surface area (Å²) in [7, 11) is 1.23. The highest BCUT2D eigenvalue weighted by atomic mass is 16.7. The highest BCUT2D eigenvalue weighted by Crippen LogP contribution is 2.31. The summed E-state index contributed by atoms with van der Waals surface area (Å²) in [5.74, 6) is -3.36. The normalized spacial score (nSPS) is 21.9. The molecule has 0 N–H and O–H groups in total. The van der Waals surface area contributed by atoms with Crippen LogP contribution in [0.1, 0.15) is 38.3 Å². The summed E-state index contributed by atoms with van der Waals surface area (Å²) in [6.07, 6.45) is -3.61. The zero-order valence-corrected chi connectivity index (χ0v) is 22.4. The van der Waals surface area contributed by atoms with E-state index in [-0.39, 0.29) is 18.2 Å². The molecular weight excluding hydrogens is 532 g/mol. The lowest BCUT2D eigenvalue weighted by Gasteiger charge is -2.43. The molecule has 1 aliphatic heterocycles. The van der Waals surface area contributed by atoms with Gasteiger partial charge in [0.2, 0.25) is 18.2 Å². The molecule has 0 radical (unpaired) electrons. The first kappa shape index (κ1) is 30.0. The summed E-state index contributed by atoms with van der Waals surface area (Å²) in [5.41, 5.74) is 1.29.